The van der Waals surface area contributed by atoms with Crippen molar-refractivity contribution in [2.45, 2.75) is 24.7 Å². The lowest BCUT2D eigenvalue weighted by Gasteiger charge is -2.15. The van der Waals surface area contributed by atoms with E-state index in [1.165, 1.54) is 16.2 Å². The van der Waals surface area contributed by atoms with E-state index in [1.54, 1.807) is 19.1 Å². The first-order valence-corrected chi connectivity index (χ1v) is 11.1. The van der Waals surface area contributed by atoms with E-state index in [9.17, 15) is 19.5 Å². The number of halogens is 1. The summed E-state index contributed by atoms with van der Waals surface area (Å²) < 4.78 is 14.1. The van der Waals surface area contributed by atoms with Gasteiger partial charge in [0.2, 0.25) is 0 Å². The second-order valence-electron chi connectivity index (χ2n) is 6.51. The zero-order chi connectivity index (χ0) is 22.5. The van der Waals surface area contributed by atoms with E-state index in [0.717, 1.165) is 16.2 Å². The smallest absolute Gasteiger partial charge is 0.329 e. The first-order chi connectivity index (χ1) is 14.8. The van der Waals surface area contributed by atoms with E-state index in [1.807, 2.05) is 12.1 Å². The zero-order valence-corrected chi connectivity index (χ0v) is 19.2. The number of carbonyl (C=O) groups is 1. The number of benzene rings is 1. The molecule has 3 rings (SSSR count). The van der Waals surface area contributed by atoms with Gasteiger partial charge < -0.3 is 19.1 Å². The van der Waals surface area contributed by atoms with Crippen molar-refractivity contribution in [2.75, 3.05) is 19.0 Å². The Labute approximate surface area is 189 Å². The molecule has 0 unspecified atom stereocenters. The molecule has 3 aromatic rings. The quantitative estimate of drug-likeness (QED) is 0.324. The minimum absolute atomic E-state index is 0.0283. The number of thioether (sulfide) groups is 1. The van der Waals surface area contributed by atoms with Crippen LogP contribution in [-0.4, -0.2) is 55.2 Å². The molecule has 166 valence electrons. The topological polar surface area (TPSA) is 128 Å². The number of hydrogen-bond donors (Lipinski definition) is 2. The summed E-state index contributed by atoms with van der Waals surface area (Å²) in [4.78, 5) is 42.7. The second-order valence-corrected chi connectivity index (χ2v) is 8.37. The summed E-state index contributed by atoms with van der Waals surface area (Å²) in [7, 11) is 1.48. The van der Waals surface area contributed by atoms with Gasteiger partial charge in [-0.25, -0.2) is 9.78 Å². The number of aromatic nitrogens is 4. The highest BCUT2D eigenvalue weighted by Crippen LogP contribution is 2.22. The Kier molecular flexibility index (Phi) is 7.57. The molecule has 0 aliphatic heterocycles. The van der Waals surface area contributed by atoms with Crippen LogP contribution < -0.4 is 16.0 Å². The van der Waals surface area contributed by atoms with Gasteiger partial charge in [0, 0.05) is 11.5 Å². The molecule has 1 aromatic carbocycles. The van der Waals surface area contributed by atoms with Crippen LogP contribution in [0.3, 0.4) is 0 Å². The summed E-state index contributed by atoms with van der Waals surface area (Å²) in [5.74, 6) is 0.108. The number of ether oxygens (including phenoxy) is 2. The van der Waals surface area contributed by atoms with Gasteiger partial charge in [0.1, 0.15) is 18.5 Å². The number of nitrogens with one attached hydrogen (secondary N) is 1. The van der Waals surface area contributed by atoms with Gasteiger partial charge >= 0.3 is 11.7 Å². The molecular formula is C19H21BrN4O6S. The van der Waals surface area contributed by atoms with Gasteiger partial charge in [-0.2, -0.15) is 0 Å². The summed E-state index contributed by atoms with van der Waals surface area (Å²) in [6.45, 7) is 1.89. The lowest BCUT2D eigenvalue weighted by Crippen LogP contribution is -2.30. The van der Waals surface area contributed by atoms with E-state index in [0.29, 0.717) is 10.9 Å². The standard InChI is InChI=1S/C19H21BrN4O6S/c1-3-29-14(26)10-31-19-21-16-15(17(27)22-18(28)23(16)2)24(19)8-12(25)9-30-13-6-4-11(20)5-7-13/h4-7,12,25H,3,8-10H2,1-2H3,(H,22,27,28)/t12-/m1/s1. The largest absolute Gasteiger partial charge is 0.491 e. The first-order valence-electron chi connectivity index (χ1n) is 9.34. The Morgan fingerprint density at radius 2 is 2.03 bits per heavy atom. The molecule has 0 radical (unpaired) electrons. The van der Waals surface area contributed by atoms with E-state index < -0.39 is 23.3 Å². The molecule has 2 N–H and O–H groups in total. The Bertz CT molecular complexity index is 1190. The van der Waals surface area contributed by atoms with Crippen molar-refractivity contribution in [3.63, 3.8) is 0 Å². The molecular weight excluding hydrogens is 492 g/mol. The molecule has 10 nitrogen and oxygen atoms in total. The first kappa shape index (κ1) is 23.1. The fourth-order valence-corrected chi connectivity index (χ4v) is 3.87. The Morgan fingerprint density at radius 3 is 2.71 bits per heavy atom. The molecule has 0 aliphatic carbocycles. The molecule has 0 bridgehead atoms. The molecule has 0 fully saturated rings. The molecule has 0 aliphatic rings. The summed E-state index contributed by atoms with van der Waals surface area (Å²) >= 11 is 4.40. The molecule has 2 aromatic heterocycles. The highest BCUT2D eigenvalue weighted by Gasteiger charge is 2.21. The summed E-state index contributed by atoms with van der Waals surface area (Å²) in [5.41, 5.74) is -0.963. The highest BCUT2D eigenvalue weighted by atomic mass is 79.9. The minimum Gasteiger partial charge on any atom is -0.491 e. The number of carbonyl (C=O) groups excluding carboxylic acids is 1. The van der Waals surface area contributed by atoms with Crippen LogP contribution in [-0.2, 0) is 23.1 Å². The number of aromatic amines is 1. The van der Waals surface area contributed by atoms with Crippen molar-refractivity contribution in [1.82, 2.24) is 19.1 Å². The lowest BCUT2D eigenvalue weighted by atomic mass is 10.3. The third-order valence-corrected chi connectivity index (χ3v) is 5.72. The van der Waals surface area contributed by atoms with Crippen molar-refractivity contribution >= 4 is 44.8 Å². The third-order valence-electron chi connectivity index (χ3n) is 4.25. The maximum atomic E-state index is 12.5. The SMILES string of the molecule is CCOC(=O)CSc1nc2c(c(=O)[nH]c(=O)n2C)n1C[C@@H](O)COc1ccc(Br)cc1. The Morgan fingerprint density at radius 1 is 1.32 bits per heavy atom. The van der Waals surface area contributed by atoms with Crippen molar-refractivity contribution in [2.24, 2.45) is 7.05 Å². The number of H-pyrrole nitrogens is 1. The van der Waals surface area contributed by atoms with Gasteiger partial charge in [0.15, 0.2) is 16.3 Å². The number of aryl methyl sites for hydroxylation is 1. The normalized spacial score (nSPS) is 12.1. The van der Waals surface area contributed by atoms with Gasteiger partial charge in [-0.1, -0.05) is 27.7 Å². The second kappa shape index (κ2) is 10.2. The van der Waals surface area contributed by atoms with Crippen LogP contribution in [0, 0.1) is 0 Å². The lowest BCUT2D eigenvalue weighted by molar-refractivity contribution is -0.139. The minimum atomic E-state index is -0.986. The third kappa shape index (κ3) is 5.57. The van der Waals surface area contributed by atoms with E-state index in [-0.39, 0.29) is 36.7 Å². The van der Waals surface area contributed by atoms with Gasteiger partial charge in [-0.05, 0) is 31.2 Å². The number of fused-ring (bicyclic) bond motifs is 1. The maximum absolute atomic E-state index is 12.5. The van der Waals surface area contributed by atoms with Crippen LogP contribution in [0.2, 0.25) is 0 Å². The van der Waals surface area contributed by atoms with Gasteiger partial charge in [-0.15, -0.1) is 0 Å². The number of nitrogens with zero attached hydrogens (tertiary/aromatic N) is 3. The maximum Gasteiger partial charge on any atom is 0.329 e. The van der Waals surface area contributed by atoms with E-state index in [2.05, 4.69) is 25.9 Å². The molecule has 31 heavy (non-hydrogen) atoms. The average Bonchev–Trinajstić information content (AvgIpc) is 3.09. The number of rotatable bonds is 9. The molecule has 2 heterocycles. The zero-order valence-electron chi connectivity index (χ0n) is 16.8. The summed E-state index contributed by atoms with van der Waals surface area (Å²) in [6, 6.07) is 7.14. The van der Waals surface area contributed by atoms with Crippen LogP contribution in [0.4, 0.5) is 0 Å². The van der Waals surface area contributed by atoms with Crippen molar-refractivity contribution in [3.8, 4) is 5.75 Å². The van der Waals surface area contributed by atoms with Crippen molar-refractivity contribution in [3.05, 3.63) is 49.6 Å². The highest BCUT2D eigenvalue weighted by molar-refractivity contribution is 9.10. The van der Waals surface area contributed by atoms with Gasteiger partial charge in [-0.3, -0.25) is 19.1 Å². The van der Waals surface area contributed by atoms with Crippen molar-refractivity contribution < 1.29 is 19.4 Å². The monoisotopic (exact) mass is 512 g/mol. The Hall–Kier alpha value is -2.57. The van der Waals surface area contributed by atoms with Crippen LogP contribution in [0.15, 0.2) is 43.5 Å². The Balaban J connectivity index is 1.86. The number of hydrogen-bond acceptors (Lipinski definition) is 8. The number of aliphatic hydroxyl groups excluding tert-OH is 1. The number of esters is 1. The predicted octanol–water partition coefficient (Wildman–Crippen LogP) is 1.28. The average molecular weight is 513 g/mol. The molecule has 12 heteroatoms. The molecule has 0 spiro atoms. The molecule has 0 saturated carbocycles. The summed E-state index contributed by atoms with van der Waals surface area (Å²) in [6.07, 6.45) is -0.986. The van der Waals surface area contributed by atoms with E-state index >= 15 is 0 Å². The number of aliphatic hydroxyl groups is 1. The van der Waals surface area contributed by atoms with Crippen LogP contribution in [0.5, 0.6) is 5.75 Å². The fraction of sp³-hybridized carbons (Fsp3) is 0.368. The van der Waals surface area contributed by atoms with Gasteiger partial charge in [0.05, 0.1) is 18.9 Å². The predicted molar refractivity (Wildman–Crippen MR) is 119 cm³/mol. The summed E-state index contributed by atoms with van der Waals surface area (Å²) in [5, 5.41) is 10.8. The van der Waals surface area contributed by atoms with Crippen molar-refractivity contribution in [1.29, 1.82) is 0 Å². The fourth-order valence-electron chi connectivity index (χ4n) is 2.81. The molecule has 0 saturated heterocycles. The number of imidazole rings is 1. The van der Waals surface area contributed by atoms with Crippen LogP contribution in [0.25, 0.3) is 11.2 Å². The van der Waals surface area contributed by atoms with Crippen LogP contribution in [0.1, 0.15) is 6.92 Å². The molecule has 0 amide bonds. The molecule has 1 atom stereocenters. The van der Waals surface area contributed by atoms with Crippen LogP contribution >= 0.6 is 27.7 Å². The van der Waals surface area contributed by atoms with Gasteiger partial charge in [0.25, 0.3) is 5.56 Å². The van der Waals surface area contributed by atoms with E-state index in [4.69, 9.17) is 9.47 Å².